The molecule has 0 fully saturated rings. The Morgan fingerprint density at radius 1 is 1.39 bits per heavy atom. The Morgan fingerprint density at radius 2 is 2.00 bits per heavy atom. The molecule has 0 aromatic heterocycles. The summed E-state index contributed by atoms with van der Waals surface area (Å²) in [5, 5.41) is 8.69. The second-order valence-electron chi connectivity index (χ2n) is 3.99. The Labute approximate surface area is 103 Å². The number of hydrogen-bond donors (Lipinski definition) is 1. The number of hydrogen-bond acceptors (Lipinski definition) is 2. The fourth-order valence-electron chi connectivity index (χ4n) is 1.42. The second kappa shape index (κ2) is 5.57. The zero-order valence-corrected chi connectivity index (χ0v) is 9.98. The minimum Gasteiger partial charge on any atom is -0.481 e. The Bertz CT molecular complexity index is 476. The molecular weight excluding hydrogens is 244 g/mol. The molecular formula is C12H13F2NO3. The van der Waals surface area contributed by atoms with Gasteiger partial charge in [-0.05, 0) is 13.0 Å². The zero-order chi connectivity index (χ0) is 13.9. The molecule has 1 atom stereocenters. The number of rotatable bonds is 4. The molecule has 1 N–H and O–H groups in total. The van der Waals surface area contributed by atoms with Crippen LogP contribution in [0.5, 0.6) is 0 Å². The Morgan fingerprint density at radius 3 is 2.50 bits per heavy atom. The SMILES string of the molecule is CC(C(=O)O)C(=O)N(C)Cc1ccc(F)cc1F. The lowest BCUT2D eigenvalue weighted by molar-refractivity contribution is -0.149. The molecule has 0 heterocycles. The van der Waals surface area contributed by atoms with Crippen molar-refractivity contribution >= 4 is 11.9 Å². The van der Waals surface area contributed by atoms with E-state index in [1.54, 1.807) is 0 Å². The monoisotopic (exact) mass is 257 g/mol. The molecule has 1 unspecified atom stereocenters. The van der Waals surface area contributed by atoms with Gasteiger partial charge in [0, 0.05) is 25.2 Å². The number of halogens is 2. The van der Waals surface area contributed by atoms with Crippen molar-refractivity contribution in [1.82, 2.24) is 4.90 Å². The fourth-order valence-corrected chi connectivity index (χ4v) is 1.42. The molecule has 1 rings (SSSR count). The van der Waals surface area contributed by atoms with Crippen LogP contribution in [0.4, 0.5) is 8.78 Å². The van der Waals surface area contributed by atoms with Gasteiger partial charge in [0.1, 0.15) is 17.6 Å². The molecule has 0 spiro atoms. The fraction of sp³-hybridized carbons (Fsp3) is 0.333. The maximum absolute atomic E-state index is 13.3. The van der Waals surface area contributed by atoms with Crippen molar-refractivity contribution in [2.24, 2.45) is 5.92 Å². The van der Waals surface area contributed by atoms with Crippen LogP contribution >= 0.6 is 0 Å². The van der Waals surface area contributed by atoms with Gasteiger partial charge in [0.15, 0.2) is 0 Å². The van der Waals surface area contributed by atoms with E-state index in [0.29, 0.717) is 6.07 Å². The first-order valence-corrected chi connectivity index (χ1v) is 5.24. The van der Waals surface area contributed by atoms with E-state index in [1.807, 2.05) is 0 Å². The van der Waals surface area contributed by atoms with Gasteiger partial charge in [-0.25, -0.2) is 8.78 Å². The molecule has 0 bridgehead atoms. The van der Waals surface area contributed by atoms with Crippen LogP contribution in [-0.4, -0.2) is 28.9 Å². The Kier molecular flexibility index (Phi) is 4.36. The van der Waals surface area contributed by atoms with Crippen LogP contribution < -0.4 is 0 Å². The number of carboxylic acids is 1. The summed E-state index contributed by atoms with van der Waals surface area (Å²) in [4.78, 5) is 23.3. The van der Waals surface area contributed by atoms with Gasteiger partial charge < -0.3 is 10.0 Å². The molecule has 98 valence electrons. The highest BCUT2D eigenvalue weighted by Crippen LogP contribution is 2.13. The third-order valence-electron chi connectivity index (χ3n) is 2.54. The lowest BCUT2D eigenvalue weighted by atomic mass is 10.1. The van der Waals surface area contributed by atoms with Gasteiger partial charge in [0.2, 0.25) is 5.91 Å². The summed E-state index contributed by atoms with van der Waals surface area (Å²) in [6.45, 7) is 1.14. The van der Waals surface area contributed by atoms with E-state index in [1.165, 1.54) is 20.0 Å². The molecule has 1 aromatic rings. The normalized spacial score (nSPS) is 12.0. The van der Waals surface area contributed by atoms with Gasteiger partial charge in [-0.3, -0.25) is 9.59 Å². The van der Waals surface area contributed by atoms with E-state index >= 15 is 0 Å². The molecule has 0 saturated heterocycles. The van der Waals surface area contributed by atoms with E-state index in [2.05, 4.69) is 0 Å². The van der Waals surface area contributed by atoms with E-state index in [9.17, 15) is 18.4 Å². The van der Waals surface area contributed by atoms with Gasteiger partial charge in [-0.2, -0.15) is 0 Å². The number of nitrogens with zero attached hydrogens (tertiary/aromatic N) is 1. The van der Waals surface area contributed by atoms with Crippen LogP contribution in [0.2, 0.25) is 0 Å². The Hall–Kier alpha value is -1.98. The van der Waals surface area contributed by atoms with Crippen LogP contribution in [-0.2, 0) is 16.1 Å². The number of carboxylic acid groups (broad SMARTS) is 1. The Balaban J connectivity index is 2.78. The number of benzene rings is 1. The van der Waals surface area contributed by atoms with Crippen LogP contribution in [0.15, 0.2) is 18.2 Å². The highest BCUT2D eigenvalue weighted by atomic mass is 19.1. The van der Waals surface area contributed by atoms with Gasteiger partial charge in [0.05, 0.1) is 0 Å². The maximum Gasteiger partial charge on any atom is 0.315 e. The van der Waals surface area contributed by atoms with Crippen molar-refractivity contribution in [2.75, 3.05) is 7.05 Å². The summed E-state index contributed by atoms with van der Waals surface area (Å²) in [7, 11) is 1.37. The van der Waals surface area contributed by atoms with Crippen molar-refractivity contribution in [3.63, 3.8) is 0 Å². The maximum atomic E-state index is 13.3. The van der Waals surface area contributed by atoms with Gasteiger partial charge in [0.25, 0.3) is 0 Å². The third kappa shape index (κ3) is 3.26. The first-order chi connectivity index (χ1) is 8.32. The van der Waals surface area contributed by atoms with Crippen molar-refractivity contribution < 1.29 is 23.5 Å². The van der Waals surface area contributed by atoms with Crippen molar-refractivity contribution in [3.8, 4) is 0 Å². The van der Waals surface area contributed by atoms with Crippen LogP contribution in [0.1, 0.15) is 12.5 Å². The van der Waals surface area contributed by atoms with Crippen molar-refractivity contribution in [1.29, 1.82) is 0 Å². The van der Waals surface area contributed by atoms with E-state index in [4.69, 9.17) is 5.11 Å². The summed E-state index contributed by atoms with van der Waals surface area (Å²) in [6, 6.07) is 3.02. The predicted molar refractivity (Wildman–Crippen MR) is 59.6 cm³/mol. The van der Waals surface area contributed by atoms with Crippen LogP contribution in [0, 0.1) is 17.6 Å². The molecule has 0 radical (unpaired) electrons. The average molecular weight is 257 g/mol. The van der Waals surface area contributed by atoms with Crippen molar-refractivity contribution in [3.05, 3.63) is 35.4 Å². The van der Waals surface area contributed by atoms with Gasteiger partial charge >= 0.3 is 5.97 Å². The molecule has 1 amide bonds. The average Bonchev–Trinajstić information content (AvgIpc) is 2.30. The third-order valence-corrected chi connectivity index (χ3v) is 2.54. The van der Waals surface area contributed by atoms with E-state index < -0.39 is 29.4 Å². The summed E-state index contributed by atoms with van der Waals surface area (Å²) < 4.78 is 26.0. The molecule has 18 heavy (non-hydrogen) atoms. The predicted octanol–water partition coefficient (Wildman–Crippen LogP) is 1.64. The topological polar surface area (TPSA) is 57.6 Å². The van der Waals surface area contributed by atoms with E-state index in [0.717, 1.165) is 11.0 Å². The number of aliphatic carboxylic acids is 1. The molecule has 0 aliphatic carbocycles. The van der Waals surface area contributed by atoms with Crippen molar-refractivity contribution in [2.45, 2.75) is 13.5 Å². The molecule has 0 aliphatic rings. The molecule has 6 heteroatoms. The van der Waals surface area contributed by atoms with Gasteiger partial charge in [-0.15, -0.1) is 0 Å². The molecule has 0 aliphatic heterocycles. The minimum atomic E-state index is -1.24. The number of carbonyl (C=O) groups is 2. The quantitative estimate of drug-likeness (QED) is 0.834. The summed E-state index contributed by atoms with van der Waals surface area (Å²) in [5.74, 6) is -4.54. The summed E-state index contributed by atoms with van der Waals surface area (Å²) in [5.41, 5.74) is 0.129. The largest absolute Gasteiger partial charge is 0.481 e. The van der Waals surface area contributed by atoms with Crippen LogP contribution in [0.25, 0.3) is 0 Å². The molecule has 1 aromatic carbocycles. The van der Waals surface area contributed by atoms with E-state index in [-0.39, 0.29) is 12.1 Å². The second-order valence-corrected chi connectivity index (χ2v) is 3.99. The number of carbonyl (C=O) groups excluding carboxylic acids is 1. The highest BCUT2D eigenvalue weighted by molar-refractivity contribution is 5.96. The standard InChI is InChI=1S/C12H13F2NO3/c1-7(12(17)18)11(16)15(2)6-8-3-4-9(13)5-10(8)14/h3-5,7H,6H2,1-2H3,(H,17,18). The summed E-state index contributed by atoms with van der Waals surface area (Å²) in [6.07, 6.45) is 0. The summed E-state index contributed by atoms with van der Waals surface area (Å²) >= 11 is 0. The first-order valence-electron chi connectivity index (χ1n) is 5.24. The van der Waals surface area contributed by atoms with Crippen LogP contribution in [0.3, 0.4) is 0 Å². The highest BCUT2D eigenvalue weighted by Gasteiger charge is 2.24. The lowest BCUT2D eigenvalue weighted by Gasteiger charge is -2.19. The molecule has 0 saturated carbocycles. The van der Waals surface area contributed by atoms with Gasteiger partial charge in [-0.1, -0.05) is 6.07 Å². The zero-order valence-electron chi connectivity index (χ0n) is 9.98. The lowest BCUT2D eigenvalue weighted by Crippen LogP contribution is -2.35. The first kappa shape index (κ1) is 14.1. The molecule has 4 nitrogen and oxygen atoms in total. The number of amides is 1. The smallest absolute Gasteiger partial charge is 0.315 e. The minimum absolute atomic E-state index is 0.109.